The predicted molar refractivity (Wildman–Crippen MR) is 133 cm³/mol. The highest BCUT2D eigenvalue weighted by atomic mass is 16.5. The third-order valence-electron chi connectivity index (χ3n) is 5.22. The molecule has 0 radical (unpaired) electrons. The van der Waals surface area contributed by atoms with Crippen molar-refractivity contribution in [1.29, 1.82) is 0 Å². The molecule has 4 rings (SSSR count). The van der Waals surface area contributed by atoms with Crippen molar-refractivity contribution in [2.75, 3.05) is 18.6 Å². The number of amides is 2. The number of hydrogen-bond donors (Lipinski definition) is 2. The summed E-state index contributed by atoms with van der Waals surface area (Å²) in [7, 11) is 1.60. The van der Waals surface area contributed by atoms with Gasteiger partial charge < -0.3 is 24.8 Å². The van der Waals surface area contributed by atoms with E-state index in [1.165, 1.54) is 17.2 Å². The van der Waals surface area contributed by atoms with Crippen LogP contribution in [0.2, 0.25) is 0 Å². The number of anilines is 1. The van der Waals surface area contributed by atoms with Gasteiger partial charge in [-0.1, -0.05) is 17.9 Å². The van der Waals surface area contributed by atoms with Crippen LogP contribution in [0.3, 0.4) is 0 Å². The van der Waals surface area contributed by atoms with Crippen LogP contribution >= 0.6 is 0 Å². The number of nitrogens with one attached hydrogen (secondary N) is 1. The summed E-state index contributed by atoms with van der Waals surface area (Å²) in [5.41, 5.74) is 0.867. The molecular weight excluding hydrogens is 460 g/mol. The average molecular weight is 487 g/mol. The van der Waals surface area contributed by atoms with Crippen molar-refractivity contribution in [3.05, 3.63) is 71.7 Å². The summed E-state index contributed by atoms with van der Waals surface area (Å²) in [5.74, 6) is 6.00. The van der Waals surface area contributed by atoms with Gasteiger partial charge in [-0.2, -0.15) is 0 Å². The fourth-order valence-corrected chi connectivity index (χ4v) is 3.43. The first-order chi connectivity index (χ1) is 17.1. The minimum Gasteiger partial charge on any atom is -0.489 e. The zero-order valence-corrected chi connectivity index (χ0v) is 20.4. The molecule has 0 bridgehead atoms. The molecular formula is C27H26N4O5. The lowest BCUT2D eigenvalue weighted by Gasteiger charge is -2.20. The molecule has 0 spiro atoms. The Morgan fingerprint density at radius 3 is 2.81 bits per heavy atom. The number of aryl methyl sites for hydroxylation is 1. The summed E-state index contributed by atoms with van der Waals surface area (Å²) in [5, 5.41) is 12.6. The van der Waals surface area contributed by atoms with E-state index in [0.717, 1.165) is 5.69 Å². The minimum absolute atomic E-state index is 0.0555. The van der Waals surface area contributed by atoms with Crippen LogP contribution in [0.1, 0.15) is 35.6 Å². The van der Waals surface area contributed by atoms with Gasteiger partial charge in [0.1, 0.15) is 35.4 Å². The van der Waals surface area contributed by atoms with Crippen molar-refractivity contribution in [3.8, 4) is 29.2 Å². The van der Waals surface area contributed by atoms with Gasteiger partial charge in [0.15, 0.2) is 0 Å². The van der Waals surface area contributed by atoms with Gasteiger partial charge in [-0.15, -0.1) is 0 Å². The number of aliphatic hydroxyl groups is 1. The van der Waals surface area contributed by atoms with Crippen LogP contribution < -0.4 is 19.7 Å². The zero-order valence-electron chi connectivity index (χ0n) is 20.4. The van der Waals surface area contributed by atoms with E-state index >= 15 is 0 Å². The molecule has 0 saturated carbocycles. The average Bonchev–Trinajstić information content (AvgIpc) is 2.94. The molecule has 0 aliphatic carbocycles. The van der Waals surface area contributed by atoms with Crippen molar-refractivity contribution in [2.45, 2.75) is 32.4 Å². The van der Waals surface area contributed by atoms with Crippen molar-refractivity contribution in [1.82, 2.24) is 15.3 Å². The van der Waals surface area contributed by atoms with Gasteiger partial charge in [-0.3, -0.25) is 14.6 Å². The van der Waals surface area contributed by atoms with Crippen molar-refractivity contribution in [3.63, 3.8) is 0 Å². The van der Waals surface area contributed by atoms with Crippen LogP contribution in [-0.4, -0.2) is 52.2 Å². The second kappa shape index (κ2) is 10.1. The van der Waals surface area contributed by atoms with Gasteiger partial charge in [0, 0.05) is 36.6 Å². The molecule has 9 heteroatoms. The first kappa shape index (κ1) is 24.7. The van der Waals surface area contributed by atoms with Gasteiger partial charge in [0.2, 0.25) is 5.88 Å². The van der Waals surface area contributed by atoms with Gasteiger partial charge >= 0.3 is 0 Å². The van der Waals surface area contributed by atoms with E-state index in [2.05, 4.69) is 27.1 Å². The zero-order chi connectivity index (χ0) is 25.9. The fraction of sp³-hybridized carbons (Fsp3) is 0.259. The molecule has 2 aromatic heterocycles. The maximum absolute atomic E-state index is 13.1. The Morgan fingerprint density at radius 2 is 2.06 bits per heavy atom. The maximum atomic E-state index is 13.1. The topological polar surface area (TPSA) is 114 Å². The number of aromatic nitrogens is 2. The summed E-state index contributed by atoms with van der Waals surface area (Å²) in [6.07, 6.45) is 1.45. The van der Waals surface area contributed by atoms with E-state index in [1.807, 2.05) is 19.1 Å². The highest BCUT2D eigenvalue weighted by Crippen LogP contribution is 2.31. The lowest BCUT2D eigenvalue weighted by Crippen LogP contribution is -2.49. The lowest BCUT2D eigenvalue weighted by atomic mass is 10.1. The van der Waals surface area contributed by atoms with Gasteiger partial charge in [-0.25, -0.2) is 4.98 Å². The lowest BCUT2D eigenvalue weighted by molar-refractivity contribution is -0.120. The molecule has 184 valence electrons. The second-order valence-corrected chi connectivity index (χ2v) is 8.82. The number of carbonyl (C=O) groups excluding carboxylic acids is 2. The molecule has 36 heavy (non-hydrogen) atoms. The number of pyridine rings is 2. The van der Waals surface area contributed by atoms with Gasteiger partial charge in [0.25, 0.3) is 11.8 Å². The second-order valence-electron chi connectivity index (χ2n) is 8.82. The van der Waals surface area contributed by atoms with Crippen LogP contribution in [0.15, 0.2) is 54.7 Å². The first-order valence-corrected chi connectivity index (χ1v) is 11.3. The first-order valence-electron chi connectivity index (χ1n) is 11.3. The normalized spacial score (nSPS) is 15.1. The van der Waals surface area contributed by atoms with Crippen molar-refractivity contribution in [2.24, 2.45) is 0 Å². The van der Waals surface area contributed by atoms with E-state index < -0.39 is 17.6 Å². The monoisotopic (exact) mass is 486 g/mol. The number of ether oxygens (including phenoxy) is 2. The third kappa shape index (κ3) is 5.98. The Balaban J connectivity index is 1.48. The maximum Gasteiger partial charge on any atom is 0.270 e. The number of carbonyl (C=O) groups is 2. The van der Waals surface area contributed by atoms with Crippen LogP contribution in [0.4, 0.5) is 5.69 Å². The number of hydrogen-bond acceptors (Lipinski definition) is 7. The Bertz CT molecular complexity index is 1370. The van der Waals surface area contributed by atoms with Crippen molar-refractivity contribution < 1.29 is 24.2 Å². The standard InChI is InChI=1S/C27H26N4O5/c1-17-6-5-7-24(29-17)36-19-11-13-28-20(15-19)25(32)30-21-16-35-23-9-8-18(10-12-27(2,3)34)14-22(23)31(4)26(21)33/h5-9,11,13-15,21,34H,16H2,1-4H3,(H,30,32)/t21-/m0/s1. The SMILES string of the molecule is Cc1cccc(Oc2ccnc(C(=O)N[C@H]3COc4ccc(C#CC(C)(C)O)cc4N(C)C3=O)c2)n1. The summed E-state index contributed by atoms with van der Waals surface area (Å²) in [6, 6.07) is 12.7. The van der Waals surface area contributed by atoms with E-state index in [1.54, 1.807) is 51.2 Å². The van der Waals surface area contributed by atoms with Gasteiger partial charge in [-0.05, 0) is 51.1 Å². The number of benzene rings is 1. The largest absolute Gasteiger partial charge is 0.489 e. The molecule has 0 saturated heterocycles. The fourth-order valence-electron chi connectivity index (χ4n) is 3.43. The van der Waals surface area contributed by atoms with E-state index in [4.69, 9.17) is 9.47 Å². The summed E-state index contributed by atoms with van der Waals surface area (Å²) in [6.45, 7) is 4.97. The van der Waals surface area contributed by atoms with Crippen molar-refractivity contribution >= 4 is 17.5 Å². The smallest absolute Gasteiger partial charge is 0.270 e. The molecule has 1 atom stereocenters. The Morgan fingerprint density at radius 1 is 1.25 bits per heavy atom. The van der Waals surface area contributed by atoms with Crippen LogP contribution in [0, 0.1) is 18.8 Å². The molecule has 1 aliphatic rings. The molecule has 1 aliphatic heterocycles. The number of nitrogens with zero attached hydrogens (tertiary/aromatic N) is 3. The molecule has 0 unspecified atom stereocenters. The molecule has 0 fully saturated rings. The highest BCUT2D eigenvalue weighted by molar-refractivity contribution is 6.03. The molecule has 3 heterocycles. The quantitative estimate of drug-likeness (QED) is 0.545. The predicted octanol–water partition coefficient (Wildman–Crippen LogP) is 2.85. The Hall–Kier alpha value is -4.42. The Labute approximate surface area is 209 Å². The summed E-state index contributed by atoms with van der Waals surface area (Å²) < 4.78 is 11.6. The van der Waals surface area contributed by atoms with Crippen LogP contribution in [0.25, 0.3) is 0 Å². The molecule has 2 N–H and O–H groups in total. The Kier molecular flexibility index (Phi) is 6.90. The molecule has 2 amide bonds. The highest BCUT2D eigenvalue weighted by Gasteiger charge is 2.31. The number of likely N-dealkylation sites (N-methyl/N-ethyl adjacent to an activating group) is 1. The summed E-state index contributed by atoms with van der Waals surface area (Å²) >= 11 is 0. The molecule has 1 aromatic carbocycles. The van der Waals surface area contributed by atoms with Gasteiger partial charge in [0.05, 0.1) is 5.69 Å². The van der Waals surface area contributed by atoms with E-state index in [0.29, 0.717) is 28.6 Å². The molecule has 3 aromatic rings. The van der Waals surface area contributed by atoms with E-state index in [9.17, 15) is 14.7 Å². The van der Waals surface area contributed by atoms with Crippen LogP contribution in [-0.2, 0) is 4.79 Å². The van der Waals surface area contributed by atoms with E-state index in [-0.39, 0.29) is 18.2 Å². The molecule has 9 nitrogen and oxygen atoms in total. The number of rotatable bonds is 4. The third-order valence-corrected chi connectivity index (χ3v) is 5.22. The summed E-state index contributed by atoms with van der Waals surface area (Å²) in [4.78, 5) is 35.9. The minimum atomic E-state index is -1.15. The number of fused-ring (bicyclic) bond motifs is 1. The van der Waals surface area contributed by atoms with Crippen LogP contribution in [0.5, 0.6) is 17.4 Å².